The van der Waals surface area contributed by atoms with Crippen LogP contribution in [0.4, 0.5) is 4.79 Å². The van der Waals surface area contributed by atoms with Crippen LogP contribution in [0, 0.1) is 5.92 Å². The van der Waals surface area contributed by atoms with Crippen LogP contribution in [0.3, 0.4) is 0 Å². The van der Waals surface area contributed by atoms with Crippen LogP contribution >= 0.6 is 11.8 Å². The first-order valence-corrected chi connectivity index (χ1v) is 14.0. The van der Waals surface area contributed by atoms with Crippen molar-refractivity contribution in [3.05, 3.63) is 0 Å². The minimum Gasteiger partial charge on any atom is -0.368 e. The molecule has 0 saturated carbocycles. The summed E-state index contributed by atoms with van der Waals surface area (Å²) in [6.45, 7) is 9.31. The number of nitrogens with two attached hydrogens (primary N) is 1. The Hall–Kier alpha value is -2.01. The molecule has 5 amide bonds. The Morgan fingerprint density at radius 3 is 1.97 bits per heavy atom. The van der Waals surface area contributed by atoms with E-state index in [1.165, 1.54) is 16.7 Å². The Morgan fingerprint density at radius 1 is 0.800 bits per heavy atom. The minimum absolute atomic E-state index is 0.146. The molecule has 0 rings (SSSR count). The number of nitrogens with zero attached hydrogens (tertiary/aromatic N) is 2. The molecule has 11 heteroatoms. The summed E-state index contributed by atoms with van der Waals surface area (Å²) >= 11 is 1.29. The maximum atomic E-state index is 12.8. The van der Waals surface area contributed by atoms with Crippen LogP contribution in [0.15, 0.2) is 0 Å². The van der Waals surface area contributed by atoms with Crippen LogP contribution in [0.25, 0.3) is 0 Å². The molecule has 0 heterocycles. The van der Waals surface area contributed by atoms with Crippen LogP contribution in [0.5, 0.6) is 0 Å². The monoisotopic (exact) mass is 516 g/mol. The molecule has 10 nitrogen and oxygen atoms in total. The molecule has 3 unspecified atom stereocenters. The lowest BCUT2D eigenvalue weighted by Crippen LogP contribution is -2.55. The van der Waals surface area contributed by atoms with Gasteiger partial charge in [0.1, 0.15) is 12.1 Å². The van der Waals surface area contributed by atoms with Gasteiger partial charge in [-0.1, -0.05) is 47.0 Å². The van der Waals surface area contributed by atoms with Crippen molar-refractivity contribution >= 4 is 35.5 Å². The number of amides is 5. The summed E-state index contributed by atoms with van der Waals surface area (Å²) in [5.41, 5.74) is 8.34. The number of thioether (sulfide) groups is 1. The van der Waals surface area contributed by atoms with Crippen molar-refractivity contribution in [2.75, 3.05) is 38.7 Å². The molecule has 0 spiro atoms. The molecule has 0 aliphatic carbocycles. The van der Waals surface area contributed by atoms with Gasteiger partial charge in [0.15, 0.2) is 0 Å². The van der Waals surface area contributed by atoms with Crippen molar-refractivity contribution in [3.63, 3.8) is 0 Å². The molecule has 204 valence electrons. The molecule has 0 aliphatic heterocycles. The molecule has 0 saturated heterocycles. The molecule has 0 radical (unpaired) electrons. The lowest BCUT2D eigenvalue weighted by atomic mass is 9.96. The lowest BCUT2D eigenvalue weighted by Gasteiger charge is -2.26. The van der Waals surface area contributed by atoms with E-state index in [1.807, 2.05) is 20.8 Å². The van der Waals surface area contributed by atoms with Crippen LogP contribution < -0.4 is 21.8 Å². The van der Waals surface area contributed by atoms with Gasteiger partial charge < -0.3 is 21.3 Å². The Bertz CT molecular complexity index is 652. The highest BCUT2D eigenvalue weighted by molar-refractivity contribution is 7.99. The molecule has 0 aromatic heterocycles. The third-order valence-electron chi connectivity index (χ3n) is 5.52. The fourth-order valence-electron chi connectivity index (χ4n) is 3.53. The fraction of sp³-hybridized carbons (Fsp3) is 0.833. The van der Waals surface area contributed by atoms with Gasteiger partial charge in [0.2, 0.25) is 11.8 Å². The molecular weight excluding hydrogens is 468 g/mol. The third kappa shape index (κ3) is 14.2. The molecule has 3 atom stereocenters. The average Bonchev–Trinajstić information content (AvgIpc) is 2.80. The summed E-state index contributed by atoms with van der Waals surface area (Å²) in [6.07, 6.45) is 6.02. The second kappa shape index (κ2) is 19.2. The SMILES string of the molecule is CCCCC(CCC)C(=O)NC(CSCC(NC(=O)N(C)CCC)C(=O)NN(C)CCC)C(N)=O. The highest BCUT2D eigenvalue weighted by Crippen LogP contribution is 2.16. The zero-order valence-corrected chi connectivity index (χ0v) is 23.3. The quantitative estimate of drug-likeness (QED) is 0.194. The first kappa shape index (κ1) is 33.0. The fourth-order valence-corrected chi connectivity index (χ4v) is 4.62. The zero-order valence-electron chi connectivity index (χ0n) is 22.5. The van der Waals surface area contributed by atoms with E-state index in [0.29, 0.717) is 13.1 Å². The molecule has 35 heavy (non-hydrogen) atoms. The smallest absolute Gasteiger partial charge is 0.317 e. The standard InChI is InChI=1S/C24H48N6O4S/c1-7-11-13-18(12-8-2)22(32)26-19(21(25)31)16-35-17-20(23(33)28-30(6)15-10-4)27-24(34)29(5)14-9-3/h18-20H,7-17H2,1-6H3,(H2,25,31)(H,26,32)(H,27,34)(H,28,33). The normalized spacial score (nSPS) is 13.6. The first-order valence-electron chi connectivity index (χ1n) is 12.8. The molecule has 0 aliphatic rings. The Balaban J connectivity index is 5.18. The van der Waals surface area contributed by atoms with Crippen molar-refractivity contribution in [1.29, 1.82) is 0 Å². The summed E-state index contributed by atoms with van der Waals surface area (Å²) < 4.78 is 0. The van der Waals surface area contributed by atoms with E-state index in [9.17, 15) is 19.2 Å². The summed E-state index contributed by atoms with van der Waals surface area (Å²) in [5, 5.41) is 7.25. The van der Waals surface area contributed by atoms with Gasteiger partial charge in [-0.2, -0.15) is 11.8 Å². The van der Waals surface area contributed by atoms with Gasteiger partial charge in [-0.05, 0) is 25.7 Å². The van der Waals surface area contributed by atoms with Crippen molar-refractivity contribution < 1.29 is 19.2 Å². The molecule has 0 aromatic carbocycles. The van der Waals surface area contributed by atoms with Crippen LogP contribution in [0.1, 0.15) is 72.6 Å². The number of primary amides is 1. The second-order valence-electron chi connectivity index (χ2n) is 8.95. The number of hydrogen-bond donors (Lipinski definition) is 4. The maximum Gasteiger partial charge on any atom is 0.317 e. The number of unbranched alkanes of at least 4 members (excludes halogenated alkanes) is 1. The number of carbonyl (C=O) groups excluding carboxylic acids is 4. The molecule has 0 aromatic rings. The van der Waals surface area contributed by atoms with Gasteiger partial charge in [-0.15, -0.1) is 0 Å². The predicted molar refractivity (Wildman–Crippen MR) is 143 cm³/mol. The Labute approximate surface area is 215 Å². The highest BCUT2D eigenvalue weighted by Gasteiger charge is 2.26. The Kier molecular flexibility index (Phi) is 18.1. The average molecular weight is 517 g/mol. The molecule has 0 fully saturated rings. The predicted octanol–water partition coefficient (Wildman–Crippen LogP) is 2.09. The second-order valence-corrected chi connectivity index (χ2v) is 10.0. The number of hydrogen-bond acceptors (Lipinski definition) is 6. The van der Waals surface area contributed by atoms with E-state index in [4.69, 9.17) is 5.73 Å². The maximum absolute atomic E-state index is 12.8. The van der Waals surface area contributed by atoms with Gasteiger partial charge >= 0.3 is 6.03 Å². The number of nitrogens with one attached hydrogen (secondary N) is 3. The number of carbonyl (C=O) groups is 4. The van der Waals surface area contributed by atoms with Gasteiger partial charge in [0.25, 0.3) is 5.91 Å². The summed E-state index contributed by atoms with van der Waals surface area (Å²) in [5.74, 6) is -0.822. The highest BCUT2D eigenvalue weighted by atomic mass is 32.2. The lowest BCUT2D eigenvalue weighted by molar-refractivity contribution is -0.129. The zero-order chi connectivity index (χ0) is 26.8. The Morgan fingerprint density at radius 2 is 1.43 bits per heavy atom. The van der Waals surface area contributed by atoms with Crippen molar-refractivity contribution in [2.45, 2.75) is 84.7 Å². The van der Waals surface area contributed by atoms with Gasteiger partial charge in [0, 0.05) is 44.6 Å². The number of urea groups is 1. The largest absolute Gasteiger partial charge is 0.368 e. The topological polar surface area (TPSA) is 137 Å². The molecular formula is C24H48N6O4S. The van der Waals surface area contributed by atoms with E-state index < -0.39 is 18.0 Å². The first-order chi connectivity index (χ1) is 16.6. The van der Waals surface area contributed by atoms with Gasteiger partial charge in [-0.25, -0.2) is 9.80 Å². The number of rotatable bonds is 19. The van der Waals surface area contributed by atoms with Crippen molar-refractivity contribution in [3.8, 4) is 0 Å². The van der Waals surface area contributed by atoms with Crippen LogP contribution in [-0.2, 0) is 14.4 Å². The van der Waals surface area contributed by atoms with Crippen LogP contribution in [0.2, 0.25) is 0 Å². The number of hydrazine groups is 1. The van der Waals surface area contributed by atoms with E-state index in [1.54, 1.807) is 19.1 Å². The van der Waals surface area contributed by atoms with Crippen LogP contribution in [-0.4, -0.2) is 84.4 Å². The minimum atomic E-state index is -0.849. The van der Waals surface area contributed by atoms with E-state index in [0.717, 1.165) is 44.9 Å². The van der Waals surface area contributed by atoms with Crippen molar-refractivity contribution in [1.82, 2.24) is 26.0 Å². The van der Waals surface area contributed by atoms with Gasteiger partial charge in [0.05, 0.1) is 0 Å². The van der Waals surface area contributed by atoms with E-state index in [2.05, 4.69) is 23.0 Å². The molecule has 0 bridgehead atoms. The summed E-state index contributed by atoms with van der Waals surface area (Å²) in [7, 11) is 3.44. The summed E-state index contributed by atoms with van der Waals surface area (Å²) in [6, 6.07) is -2.00. The molecule has 5 N–H and O–H groups in total. The third-order valence-corrected chi connectivity index (χ3v) is 6.66. The van der Waals surface area contributed by atoms with Crippen molar-refractivity contribution in [2.24, 2.45) is 11.7 Å². The summed E-state index contributed by atoms with van der Waals surface area (Å²) in [4.78, 5) is 51.7. The van der Waals surface area contributed by atoms with E-state index >= 15 is 0 Å². The van der Waals surface area contributed by atoms with E-state index in [-0.39, 0.29) is 35.3 Å². The van der Waals surface area contributed by atoms with Gasteiger partial charge in [-0.3, -0.25) is 19.8 Å².